The fraction of sp³-hybridized carbons (Fsp3) is 0.286. The van der Waals surface area contributed by atoms with Crippen LogP contribution in [0.4, 0.5) is 0 Å². The summed E-state index contributed by atoms with van der Waals surface area (Å²) in [6, 6.07) is 12.1. The molecule has 0 aromatic heterocycles. The van der Waals surface area contributed by atoms with Crippen LogP contribution >= 0.6 is 0 Å². The lowest BCUT2D eigenvalue weighted by Crippen LogP contribution is -1.96. The minimum atomic E-state index is -0.443. The van der Waals surface area contributed by atoms with Crippen molar-refractivity contribution in [1.82, 2.24) is 0 Å². The number of hydrogen-bond acceptors (Lipinski definition) is 2. The molecule has 0 aliphatic rings. The molecule has 84 valence electrons. The Labute approximate surface area is 95.5 Å². The first-order valence-electron chi connectivity index (χ1n) is 5.41. The van der Waals surface area contributed by atoms with Crippen LogP contribution < -0.4 is 0 Å². The van der Waals surface area contributed by atoms with E-state index in [2.05, 4.69) is 6.07 Å². The van der Waals surface area contributed by atoms with E-state index in [0.717, 1.165) is 21.9 Å². The van der Waals surface area contributed by atoms with Crippen LogP contribution in [-0.4, -0.2) is 12.2 Å². The molecule has 0 amide bonds. The molecule has 0 radical (unpaired) electrons. The molecule has 16 heavy (non-hydrogen) atoms. The highest BCUT2D eigenvalue weighted by Crippen LogP contribution is 2.27. The van der Waals surface area contributed by atoms with Crippen molar-refractivity contribution in [1.29, 1.82) is 0 Å². The first-order chi connectivity index (χ1) is 7.74. The molecule has 1 unspecified atom stereocenters. The van der Waals surface area contributed by atoms with E-state index < -0.39 is 6.10 Å². The highest BCUT2D eigenvalue weighted by molar-refractivity contribution is 5.88. The van der Waals surface area contributed by atoms with Gasteiger partial charge in [0.15, 0.2) is 0 Å². The van der Waals surface area contributed by atoms with Gasteiger partial charge in [-0.25, -0.2) is 0 Å². The first-order valence-corrected chi connectivity index (χ1v) is 5.41. The lowest BCUT2D eigenvalue weighted by atomic mass is 9.97. The molecule has 2 aromatic carbocycles. The standard InChI is InChI=1S/C14H16O2/c1-10(15)12-8-7-11(9-16-2)13-5-3-4-6-14(12)13/h3-8,10,15H,9H2,1-2H3. The van der Waals surface area contributed by atoms with Gasteiger partial charge in [-0.15, -0.1) is 0 Å². The van der Waals surface area contributed by atoms with Gasteiger partial charge < -0.3 is 9.84 Å². The number of ether oxygens (including phenoxy) is 1. The Hall–Kier alpha value is -1.38. The molecule has 1 atom stereocenters. The summed E-state index contributed by atoms with van der Waals surface area (Å²) in [7, 11) is 1.69. The Bertz CT molecular complexity index is 489. The number of fused-ring (bicyclic) bond motifs is 1. The van der Waals surface area contributed by atoms with Crippen LogP contribution in [0, 0.1) is 0 Å². The van der Waals surface area contributed by atoms with E-state index in [-0.39, 0.29) is 0 Å². The van der Waals surface area contributed by atoms with Gasteiger partial charge in [0.25, 0.3) is 0 Å². The number of benzene rings is 2. The summed E-state index contributed by atoms with van der Waals surface area (Å²) in [6.07, 6.45) is -0.443. The summed E-state index contributed by atoms with van der Waals surface area (Å²) in [6.45, 7) is 2.39. The lowest BCUT2D eigenvalue weighted by molar-refractivity contribution is 0.185. The molecule has 2 nitrogen and oxygen atoms in total. The Kier molecular flexibility index (Phi) is 3.22. The van der Waals surface area contributed by atoms with Crippen LogP contribution in [0.15, 0.2) is 36.4 Å². The fourth-order valence-electron chi connectivity index (χ4n) is 2.03. The van der Waals surface area contributed by atoms with Gasteiger partial charge in [-0.05, 0) is 28.8 Å². The number of aliphatic hydroxyl groups excluding tert-OH is 1. The second-order valence-electron chi connectivity index (χ2n) is 3.97. The molecule has 0 saturated carbocycles. The van der Waals surface area contributed by atoms with E-state index in [1.807, 2.05) is 30.3 Å². The molecule has 0 saturated heterocycles. The highest BCUT2D eigenvalue weighted by Gasteiger charge is 2.08. The zero-order chi connectivity index (χ0) is 11.5. The van der Waals surface area contributed by atoms with Crippen LogP contribution in [-0.2, 0) is 11.3 Å². The van der Waals surface area contributed by atoms with Crippen LogP contribution in [0.1, 0.15) is 24.2 Å². The van der Waals surface area contributed by atoms with Gasteiger partial charge in [0.1, 0.15) is 0 Å². The molecule has 0 heterocycles. The average molecular weight is 216 g/mol. The summed E-state index contributed by atoms with van der Waals surface area (Å²) < 4.78 is 5.17. The van der Waals surface area contributed by atoms with E-state index >= 15 is 0 Å². The van der Waals surface area contributed by atoms with Crippen LogP contribution in [0.3, 0.4) is 0 Å². The summed E-state index contributed by atoms with van der Waals surface area (Å²) in [4.78, 5) is 0. The van der Waals surface area contributed by atoms with Gasteiger partial charge in [0.2, 0.25) is 0 Å². The van der Waals surface area contributed by atoms with Gasteiger partial charge >= 0.3 is 0 Å². The molecule has 0 fully saturated rings. The van der Waals surface area contributed by atoms with Crippen molar-refractivity contribution in [2.45, 2.75) is 19.6 Å². The van der Waals surface area contributed by atoms with Crippen molar-refractivity contribution in [3.05, 3.63) is 47.5 Å². The number of methoxy groups -OCH3 is 1. The second kappa shape index (κ2) is 4.64. The maximum Gasteiger partial charge on any atom is 0.0767 e. The number of aliphatic hydroxyl groups is 1. The third-order valence-electron chi connectivity index (χ3n) is 2.80. The minimum absolute atomic E-state index is 0.443. The second-order valence-corrected chi connectivity index (χ2v) is 3.97. The SMILES string of the molecule is COCc1ccc(C(C)O)c2ccccc12. The zero-order valence-corrected chi connectivity index (χ0v) is 9.60. The molecule has 0 bridgehead atoms. The van der Waals surface area contributed by atoms with E-state index in [1.54, 1.807) is 14.0 Å². The average Bonchev–Trinajstić information content (AvgIpc) is 2.29. The Morgan fingerprint density at radius 2 is 1.81 bits per heavy atom. The number of rotatable bonds is 3. The van der Waals surface area contributed by atoms with E-state index in [1.165, 1.54) is 0 Å². The van der Waals surface area contributed by atoms with Gasteiger partial charge in [0, 0.05) is 7.11 Å². The van der Waals surface area contributed by atoms with Crippen LogP contribution in [0.2, 0.25) is 0 Å². The third-order valence-corrected chi connectivity index (χ3v) is 2.80. The molecule has 1 N–H and O–H groups in total. The summed E-state index contributed by atoms with van der Waals surface area (Å²) >= 11 is 0. The summed E-state index contributed by atoms with van der Waals surface area (Å²) in [5, 5.41) is 12.0. The van der Waals surface area contributed by atoms with Crippen molar-refractivity contribution in [3.8, 4) is 0 Å². The van der Waals surface area contributed by atoms with Crippen molar-refractivity contribution < 1.29 is 9.84 Å². The smallest absolute Gasteiger partial charge is 0.0767 e. The monoisotopic (exact) mass is 216 g/mol. The predicted molar refractivity (Wildman–Crippen MR) is 65.3 cm³/mol. The van der Waals surface area contributed by atoms with Crippen molar-refractivity contribution in [2.75, 3.05) is 7.11 Å². The minimum Gasteiger partial charge on any atom is -0.389 e. The van der Waals surface area contributed by atoms with Crippen LogP contribution in [0.5, 0.6) is 0 Å². The third kappa shape index (κ3) is 1.94. The molecular formula is C14H16O2. The van der Waals surface area contributed by atoms with Crippen molar-refractivity contribution in [2.24, 2.45) is 0 Å². The normalized spacial score (nSPS) is 12.9. The topological polar surface area (TPSA) is 29.5 Å². The number of hydrogen-bond donors (Lipinski definition) is 1. The van der Waals surface area contributed by atoms with E-state index in [9.17, 15) is 5.11 Å². The van der Waals surface area contributed by atoms with E-state index in [4.69, 9.17) is 4.74 Å². The lowest BCUT2D eigenvalue weighted by Gasteiger charge is -2.12. The molecule has 2 aromatic rings. The largest absolute Gasteiger partial charge is 0.389 e. The molecule has 0 aliphatic carbocycles. The van der Waals surface area contributed by atoms with Crippen LogP contribution in [0.25, 0.3) is 10.8 Å². The Morgan fingerprint density at radius 1 is 1.12 bits per heavy atom. The summed E-state index contributed by atoms with van der Waals surface area (Å²) in [5.41, 5.74) is 2.12. The van der Waals surface area contributed by atoms with Gasteiger partial charge in [0.05, 0.1) is 12.7 Å². The predicted octanol–water partition coefficient (Wildman–Crippen LogP) is 3.04. The maximum absolute atomic E-state index is 9.71. The highest BCUT2D eigenvalue weighted by atomic mass is 16.5. The summed E-state index contributed by atoms with van der Waals surface area (Å²) in [5.74, 6) is 0. The van der Waals surface area contributed by atoms with E-state index in [0.29, 0.717) is 6.61 Å². The first kappa shape index (κ1) is 11.1. The molecule has 2 rings (SSSR count). The van der Waals surface area contributed by atoms with Crippen molar-refractivity contribution >= 4 is 10.8 Å². The molecular weight excluding hydrogens is 200 g/mol. The quantitative estimate of drug-likeness (QED) is 0.854. The Morgan fingerprint density at radius 3 is 2.44 bits per heavy atom. The molecule has 0 aliphatic heterocycles. The maximum atomic E-state index is 9.71. The van der Waals surface area contributed by atoms with Gasteiger partial charge in [-0.2, -0.15) is 0 Å². The zero-order valence-electron chi connectivity index (χ0n) is 9.60. The van der Waals surface area contributed by atoms with Gasteiger partial charge in [-0.3, -0.25) is 0 Å². The van der Waals surface area contributed by atoms with Crippen molar-refractivity contribution in [3.63, 3.8) is 0 Å². The molecule has 0 spiro atoms. The Balaban J connectivity index is 2.67. The fourth-order valence-corrected chi connectivity index (χ4v) is 2.03. The molecule has 2 heteroatoms. The van der Waals surface area contributed by atoms with Gasteiger partial charge in [-0.1, -0.05) is 36.4 Å².